The molecule has 124 valence electrons. The predicted molar refractivity (Wildman–Crippen MR) is 99.3 cm³/mol. The third-order valence-electron chi connectivity index (χ3n) is 2.81. The smallest absolute Gasteiger partial charge is 0.248 e. The van der Waals surface area contributed by atoms with Gasteiger partial charge in [0, 0.05) is 12.2 Å². The van der Waals surface area contributed by atoms with Crippen molar-refractivity contribution in [2.75, 3.05) is 10.6 Å². The van der Waals surface area contributed by atoms with Gasteiger partial charge < -0.3 is 10.6 Å². The molecule has 0 aliphatic carbocycles. The van der Waals surface area contributed by atoms with Crippen LogP contribution in [-0.4, -0.2) is 11.8 Å². The van der Waals surface area contributed by atoms with Crippen molar-refractivity contribution >= 4 is 69.6 Å². The van der Waals surface area contributed by atoms with Crippen LogP contribution in [0.4, 0.5) is 11.4 Å². The van der Waals surface area contributed by atoms with Crippen LogP contribution in [0.25, 0.3) is 0 Å². The first-order chi connectivity index (χ1) is 11.4. The highest BCUT2D eigenvalue weighted by Gasteiger charge is 2.08. The van der Waals surface area contributed by atoms with Gasteiger partial charge in [0.1, 0.15) is 0 Å². The zero-order valence-electron chi connectivity index (χ0n) is 11.9. The third-order valence-corrected chi connectivity index (χ3v) is 4.44. The summed E-state index contributed by atoms with van der Waals surface area (Å²) in [6.45, 7) is 0. The Hall–Kier alpha value is -1.72. The minimum atomic E-state index is -0.536. The Bertz CT molecular complexity index is 754. The van der Waals surface area contributed by atoms with Crippen LogP contribution in [0.15, 0.2) is 48.6 Å². The first-order valence-corrected chi connectivity index (χ1v) is 8.07. The molecular formula is C16H10Cl4N2O2. The lowest BCUT2D eigenvalue weighted by Crippen LogP contribution is -2.12. The minimum absolute atomic E-state index is 0.219. The highest BCUT2D eigenvalue weighted by Crippen LogP contribution is 2.30. The molecule has 0 heterocycles. The number of nitrogens with one attached hydrogen (secondary N) is 2. The minimum Gasteiger partial charge on any atom is -0.321 e. The van der Waals surface area contributed by atoms with E-state index in [1.165, 1.54) is 0 Å². The Morgan fingerprint density at radius 1 is 0.708 bits per heavy atom. The van der Waals surface area contributed by atoms with Crippen molar-refractivity contribution in [3.8, 4) is 0 Å². The molecule has 0 unspecified atom stereocenters. The number of hydrogen-bond donors (Lipinski definition) is 2. The maximum absolute atomic E-state index is 11.8. The lowest BCUT2D eigenvalue weighted by molar-refractivity contribution is -0.114. The molecule has 0 atom stereocenters. The van der Waals surface area contributed by atoms with E-state index in [1.54, 1.807) is 36.4 Å². The van der Waals surface area contributed by atoms with Crippen molar-refractivity contribution in [3.63, 3.8) is 0 Å². The van der Waals surface area contributed by atoms with Gasteiger partial charge in [0.25, 0.3) is 0 Å². The number of hydrogen-bond acceptors (Lipinski definition) is 2. The van der Waals surface area contributed by atoms with Crippen molar-refractivity contribution in [1.82, 2.24) is 0 Å². The molecule has 0 saturated carbocycles. The van der Waals surface area contributed by atoms with E-state index < -0.39 is 11.8 Å². The van der Waals surface area contributed by atoms with Gasteiger partial charge in [-0.15, -0.1) is 0 Å². The summed E-state index contributed by atoms with van der Waals surface area (Å²) in [6.07, 6.45) is 2.12. The van der Waals surface area contributed by atoms with E-state index in [4.69, 9.17) is 46.4 Å². The van der Waals surface area contributed by atoms with Gasteiger partial charge in [-0.1, -0.05) is 58.5 Å². The van der Waals surface area contributed by atoms with Crippen LogP contribution in [0.5, 0.6) is 0 Å². The Balaban J connectivity index is 1.99. The van der Waals surface area contributed by atoms with Crippen LogP contribution in [0.2, 0.25) is 20.1 Å². The third kappa shape index (κ3) is 4.89. The monoisotopic (exact) mass is 402 g/mol. The van der Waals surface area contributed by atoms with Crippen LogP contribution >= 0.6 is 46.4 Å². The molecule has 0 aromatic heterocycles. The van der Waals surface area contributed by atoms with Crippen molar-refractivity contribution in [2.24, 2.45) is 0 Å². The van der Waals surface area contributed by atoms with Crippen LogP contribution in [0, 0.1) is 0 Å². The molecule has 0 radical (unpaired) electrons. The first kappa shape index (κ1) is 18.6. The highest BCUT2D eigenvalue weighted by molar-refractivity contribution is 6.44. The molecule has 2 rings (SSSR count). The lowest BCUT2D eigenvalue weighted by Gasteiger charge is -2.06. The van der Waals surface area contributed by atoms with Crippen LogP contribution in [-0.2, 0) is 9.59 Å². The van der Waals surface area contributed by atoms with Gasteiger partial charge in [-0.3, -0.25) is 9.59 Å². The summed E-state index contributed by atoms with van der Waals surface area (Å²) >= 11 is 23.6. The second-order valence-electron chi connectivity index (χ2n) is 4.51. The largest absolute Gasteiger partial charge is 0.321 e. The van der Waals surface area contributed by atoms with Crippen LogP contribution in [0.1, 0.15) is 0 Å². The van der Waals surface area contributed by atoms with Gasteiger partial charge in [0.05, 0.1) is 31.5 Å². The van der Waals surface area contributed by atoms with E-state index in [0.29, 0.717) is 21.4 Å². The van der Waals surface area contributed by atoms with Crippen molar-refractivity contribution in [1.29, 1.82) is 0 Å². The Morgan fingerprint density at radius 3 is 1.46 bits per heavy atom. The Kier molecular flexibility index (Phi) is 6.52. The van der Waals surface area contributed by atoms with Gasteiger partial charge in [0.15, 0.2) is 0 Å². The standard InChI is InChI=1S/C16H10Cl4N2O2/c17-9-3-1-5-11(15(9)19)21-13(23)7-8-14(24)22-12-6-2-4-10(18)16(12)20/h1-8H,(H,21,23)(H,22,24). The van der Waals surface area contributed by atoms with Crippen molar-refractivity contribution < 1.29 is 9.59 Å². The van der Waals surface area contributed by atoms with Crippen LogP contribution in [0.3, 0.4) is 0 Å². The number of halogens is 4. The molecular weight excluding hydrogens is 394 g/mol. The van der Waals surface area contributed by atoms with E-state index >= 15 is 0 Å². The summed E-state index contributed by atoms with van der Waals surface area (Å²) in [4.78, 5) is 23.7. The zero-order chi connectivity index (χ0) is 17.7. The summed E-state index contributed by atoms with van der Waals surface area (Å²) in [5.74, 6) is -1.07. The topological polar surface area (TPSA) is 58.2 Å². The molecule has 2 N–H and O–H groups in total. The normalized spacial score (nSPS) is 10.7. The molecule has 0 fully saturated rings. The second-order valence-corrected chi connectivity index (χ2v) is 6.08. The fourth-order valence-electron chi connectivity index (χ4n) is 1.70. The number of rotatable bonds is 4. The van der Waals surface area contributed by atoms with E-state index in [0.717, 1.165) is 12.2 Å². The van der Waals surface area contributed by atoms with Gasteiger partial charge in [-0.05, 0) is 24.3 Å². The summed E-state index contributed by atoms with van der Waals surface area (Å²) < 4.78 is 0. The van der Waals surface area contributed by atoms with Gasteiger partial charge >= 0.3 is 0 Å². The van der Waals surface area contributed by atoms with Crippen molar-refractivity contribution in [3.05, 3.63) is 68.6 Å². The summed E-state index contributed by atoms with van der Waals surface area (Å²) in [5.41, 5.74) is 0.689. The fourth-order valence-corrected chi connectivity index (χ4v) is 2.40. The molecule has 8 heteroatoms. The van der Waals surface area contributed by atoms with Gasteiger partial charge in [0.2, 0.25) is 11.8 Å². The first-order valence-electron chi connectivity index (χ1n) is 6.56. The molecule has 0 spiro atoms. The maximum atomic E-state index is 11.8. The summed E-state index contributed by atoms with van der Waals surface area (Å²) in [7, 11) is 0. The van der Waals surface area contributed by atoms with Crippen molar-refractivity contribution in [2.45, 2.75) is 0 Å². The van der Waals surface area contributed by atoms with E-state index in [9.17, 15) is 9.59 Å². The molecule has 0 saturated heterocycles. The second kappa shape index (κ2) is 8.40. The highest BCUT2D eigenvalue weighted by atomic mass is 35.5. The Morgan fingerprint density at radius 2 is 1.08 bits per heavy atom. The molecule has 0 bridgehead atoms. The SMILES string of the molecule is O=C(C=CC(=O)Nc1cccc(Cl)c1Cl)Nc1cccc(Cl)c1Cl. The number of amides is 2. The average molecular weight is 404 g/mol. The van der Waals surface area contributed by atoms with E-state index in [-0.39, 0.29) is 10.0 Å². The lowest BCUT2D eigenvalue weighted by atomic mass is 10.3. The quantitative estimate of drug-likeness (QED) is 0.668. The average Bonchev–Trinajstić information content (AvgIpc) is 2.54. The summed E-state index contributed by atoms with van der Waals surface area (Å²) in [6, 6.07) is 9.65. The molecule has 0 aliphatic rings. The van der Waals surface area contributed by atoms with Crippen LogP contribution < -0.4 is 10.6 Å². The Labute approximate surface area is 158 Å². The van der Waals surface area contributed by atoms with E-state index in [1.807, 2.05) is 0 Å². The molecule has 2 amide bonds. The molecule has 4 nitrogen and oxygen atoms in total. The fraction of sp³-hybridized carbons (Fsp3) is 0. The number of anilines is 2. The van der Waals surface area contributed by atoms with Gasteiger partial charge in [-0.25, -0.2) is 0 Å². The number of benzene rings is 2. The number of carbonyl (C=O) groups is 2. The molecule has 2 aromatic carbocycles. The maximum Gasteiger partial charge on any atom is 0.248 e. The molecule has 0 aliphatic heterocycles. The number of carbonyl (C=O) groups excluding carboxylic acids is 2. The van der Waals surface area contributed by atoms with Gasteiger partial charge in [-0.2, -0.15) is 0 Å². The molecule has 2 aromatic rings. The zero-order valence-corrected chi connectivity index (χ0v) is 15.0. The predicted octanol–water partition coefficient (Wildman–Crippen LogP) is 5.43. The van der Waals surface area contributed by atoms with E-state index in [2.05, 4.69) is 10.6 Å². The summed E-state index contributed by atoms with van der Waals surface area (Å²) in [5, 5.41) is 6.10. The molecule has 24 heavy (non-hydrogen) atoms.